The van der Waals surface area contributed by atoms with Crippen LogP contribution in [-0.2, 0) is 0 Å². The number of hydrogen-bond donors (Lipinski definition) is 1. The fraction of sp³-hybridized carbons (Fsp3) is 0.375. The maximum Gasteiger partial charge on any atom is 0.106 e. The van der Waals surface area contributed by atoms with Crippen LogP contribution in [0.4, 0.5) is 0 Å². The molecule has 1 aromatic carbocycles. The van der Waals surface area contributed by atoms with E-state index in [1.807, 2.05) is 30.3 Å². The molecule has 0 aliphatic rings. The monoisotopic (exact) mass is 270 g/mol. The van der Waals surface area contributed by atoms with Crippen molar-refractivity contribution in [1.82, 2.24) is 20.3 Å². The summed E-state index contributed by atoms with van der Waals surface area (Å²) in [6, 6.07) is 10.4. The van der Waals surface area contributed by atoms with Gasteiger partial charge in [-0.3, -0.25) is 0 Å². The molecule has 1 aromatic heterocycles. The summed E-state index contributed by atoms with van der Waals surface area (Å²) < 4.78 is 0. The van der Waals surface area contributed by atoms with Gasteiger partial charge in [0, 0.05) is 12.6 Å². The Hall–Kier alpha value is -1.94. The Morgan fingerprint density at radius 2 is 2.05 bits per heavy atom. The van der Waals surface area contributed by atoms with Crippen LogP contribution >= 0.6 is 0 Å². The van der Waals surface area contributed by atoms with E-state index in [0.29, 0.717) is 6.04 Å². The zero-order chi connectivity index (χ0) is 14.4. The zero-order valence-corrected chi connectivity index (χ0v) is 12.4. The van der Waals surface area contributed by atoms with Gasteiger partial charge in [0.1, 0.15) is 5.69 Å². The van der Waals surface area contributed by atoms with Crippen LogP contribution in [0.2, 0.25) is 0 Å². The quantitative estimate of drug-likeness (QED) is 0.877. The molecule has 4 heteroatoms. The van der Waals surface area contributed by atoms with Gasteiger partial charge in [-0.2, -0.15) is 9.90 Å². The van der Waals surface area contributed by atoms with Gasteiger partial charge >= 0.3 is 0 Å². The first-order valence-corrected chi connectivity index (χ1v) is 7.09. The van der Waals surface area contributed by atoms with Crippen LogP contribution in [0.15, 0.2) is 42.1 Å². The second kappa shape index (κ2) is 7.01. The van der Waals surface area contributed by atoms with Crippen molar-refractivity contribution in [2.24, 2.45) is 0 Å². The van der Waals surface area contributed by atoms with Crippen LogP contribution < -0.4 is 5.32 Å². The summed E-state index contributed by atoms with van der Waals surface area (Å²) >= 11 is 0. The van der Waals surface area contributed by atoms with Crippen LogP contribution in [0.5, 0.6) is 0 Å². The number of nitrogens with zero attached hydrogens (tertiary/aromatic N) is 3. The highest BCUT2D eigenvalue weighted by molar-refractivity contribution is 5.48. The van der Waals surface area contributed by atoms with Crippen molar-refractivity contribution in [2.75, 3.05) is 6.54 Å². The van der Waals surface area contributed by atoms with Gasteiger partial charge in [0.25, 0.3) is 0 Å². The minimum absolute atomic E-state index is 0.491. The molecule has 20 heavy (non-hydrogen) atoms. The Balaban J connectivity index is 2.11. The smallest absolute Gasteiger partial charge is 0.106 e. The normalized spacial score (nSPS) is 12.1. The second-order valence-electron chi connectivity index (χ2n) is 5.09. The van der Waals surface area contributed by atoms with Gasteiger partial charge < -0.3 is 5.32 Å². The van der Waals surface area contributed by atoms with Gasteiger partial charge in [0.15, 0.2) is 0 Å². The molecule has 0 radical (unpaired) electrons. The predicted octanol–water partition coefficient (Wildman–Crippen LogP) is 3.06. The third-order valence-electron chi connectivity index (χ3n) is 3.04. The van der Waals surface area contributed by atoms with Crippen molar-refractivity contribution in [3.63, 3.8) is 0 Å². The van der Waals surface area contributed by atoms with Gasteiger partial charge in [-0.15, -0.1) is 5.10 Å². The summed E-state index contributed by atoms with van der Waals surface area (Å²) in [5.41, 5.74) is 3.21. The maximum atomic E-state index is 4.50. The first-order valence-electron chi connectivity index (χ1n) is 7.09. The van der Waals surface area contributed by atoms with Crippen molar-refractivity contribution in [3.05, 3.63) is 47.8 Å². The van der Waals surface area contributed by atoms with E-state index in [0.717, 1.165) is 24.3 Å². The average molecular weight is 270 g/mol. The van der Waals surface area contributed by atoms with Crippen molar-refractivity contribution in [2.45, 2.75) is 33.2 Å². The van der Waals surface area contributed by atoms with Crippen LogP contribution in [0.1, 0.15) is 32.9 Å². The van der Waals surface area contributed by atoms with Gasteiger partial charge in [0.05, 0.1) is 11.9 Å². The molecular weight excluding hydrogens is 248 g/mol. The number of rotatable bonds is 6. The third kappa shape index (κ3) is 4.03. The zero-order valence-electron chi connectivity index (χ0n) is 12.4. The second-order valence-corrected chi connectivity index (χ2v) is 5.09. The molecule has 1 heterocycles. The van der Waals surface area contributed by atoms with Gasteiger partial charge in [-0.1, -0.05) is 44.5 Å². The lowest BCUT2D eigenvalue weighted by molar-refractivity contribution is 0.617. The number of nitrogens with one attached hydrogen (secondary N) is 1. The van der Waals surface area contributed by atoms with Gasteiger partial charge in [-0.25, -0.2) is 0 Å². The summed E-state index contributed by atoms with van der Waals surface area (Å²) in [5.74, 6) is 0. The third-order valence-corrected chi connectivity index (χ3v) is 3.04. The predicted molar refractivity (Wildman–Crippen MR) is 82.8 cm³/mol. The lowest BCUT2D eigenvalue weighted by Gasteiger charge is -2.09. The standard InChI is InChI=1S/C16H22N4/c1-4-14(11-17-13(2)3)10-15-12-18-20(19-15)16-8-6-5-7-9-16/h5-10,12-13,17H,4,11H2,1-3H3. The van der Waals surface area contributed by atoms with Crippen molar-refractivity contribution >= 4 is 6.08 Å². The summed E-state index contributed by atoms with van der Waals surface area (Å²) in [4.78, 5) is 1.66. The minimum atomic E-state index is 0.491. The molecule has 0 fully saturated rings. The molecule has 0 saturated heterocycles. The maximum absolute atomic E-state index is 4.50. The molecule has 0 aliphatic heterocycles. The molecule has 0 spiro atoms. The highest BCUT2D eigenvalue weighted by Gasteiger charge is 2.02. The molecule has 0 aliphatic carbocycles. The van der Waals surface area contributed by atoms with E-state index in [2.05, 4.69) is 42.4 Å². The number of para-hydroxylation sites is 1. The summed E-state index contributed by atoms with van der Waals surface area (Å²) in [6.45, 7) is 7.36. The van der Waals surface area contributed by atoms with E-state index in [-0.39, 0.29) is 0 Å². The lowest BCUT2D eigenvalue weighted by Crippen LogP contribution is -2.24. The summed E-state index contributed by atoms with van der Waals surface area (Å²) in [6.07, 6.45) is 4.93. The lowest BCUT2D eigenvalue weighted by atomic mass is 10.1. The SMILES string of the molecule is CCC(=Cc1cnn(-c2ccccc2)n1)CNC(C)C. The Kier molecular flexibility index (Phi) is 5.07. The van der Waals surface area contributed by atoms with E-state index in [9.17, 15) is 0 Å². The highest BCUT2D eigenvalue weighted by Crippen LogP contribution is 2.09. The van der Waals surface area contributed by atoms with E-state index in [4.69, 9.17) is 0 Å². The largest absolute Gasteiger partial charge is 0.311 e. The van der Waals surface area contributed by atoms with E-state index in [1.54, 1.807) is 11.0 Å². The summed E-state index contributed by atoms with van der Waals surface area (Å²) in [7, 11) is 0. The van der Waals surface area contributed by atoms with E-state index >= 15 is 0 Å². The first-order chi connectivity index (χ1) is 9.69. The Labute approximate surface area is 120 Å². The van der Waals surface area contributed by atoms with E-state index in [1.165, 1.54) is 5.57 Å². The minimum Gasteiger partial charge on any atom is -0.311 e. The summed E-state index contributed by atoms with van der Waals surface area (Å²) in [5, 5.41) is 12.2. The fourth-order valence-corrected chi connectivity index (χ4v) is 1.85. The molecule has 106 valence electrons. The number of benzene rings is 1. The molecule has 1 N–H and O–H groups in total. The molecule has 0 bridgehead atoms. The topological polar surface area (TPSA) is 42.7 Å². The fourth-order valence-electron chi connectivity index (χ4n) is 1.85. The van der Waals surface area contributed by atoms with Gasteiger partial charge in [0.2, 0.25) is 0 Å². The van der Waals surface area contributed by atoms with Crippen molar-refractivity contribution in [1.29, 1.82) is 0 Å². The highest BCUT2D eigenvalue weighted by atomic mass is 15.5. The molecular formula is C16H22N4. The molecule has 4 nitrogen and oxygen atoms in total. The Morgan fingerprint density at radius 1 is 1.30 bits per heavy atom. The molecule has 2 rings (SSSR count). The number of hydrogen-bond acceptors (Lipinski definition) is 3. The number of aromatic nitrogens is 3. The first kappa shape index (κ1) is 14.5. The Morgan fingerprint density at radius 3 is 2.70 bits per heavy atom. The molecule has 0 saturated carbocycles. The van der Waals surface area contributed by atoms with E-state index < -0.39 is 0 Å². The molecule has 0 atom stereocenters. The van der Waals surface area contributed by atoms with Crippen LogP contribution in [0.25, 0.3) is 11.8 Å². The van der Waals surface area contributed by atoms with Crippen LogP contribution in [0, 0.1) is 0 Å². The van der Waals surface area contributed by atoms with Crippen LogP contribution in [-0.4, -0.2) is 27.6 Å². The van der Waals surface area contributed by atoms with Crippen LogP contribution in [0.3, 0.4) is 0 Å². The van der Waals surface area contributed by atoms with Crippen molar-refractivity contribution in [3.8, 4) is 5.69 Å². The molecule has 0 unspecified atom stereocenters. The van der Waals surface area contributed by atoms with Crippen molar-refractivity contribution < 1.29 is 0 Å². The molecule has 2 aromatic rings. The molecule has 0 amide bonds. The van der Waals surface area contributed by atoms with Gasteiger partial charge in [-0.05, 0) is 24.6 Å². The average Bonchev–Trinajstić information content (AvgIpc) is 2.92. The Bertz CT molecular complexity index is 555.